The highest BCUT2D eigenvalue weighted by Gasteiger charge is 2.45. The maximum atomic E-state index is 12.1. The quantitative estimate of drug-likeness (QED) is 0.503. The Kier molecular flexibility index (Phi) is 11.8. The molecule has 1 saturated heterocycles. The van der Waals surface area contributed by atoms with Crippen LogP contribution in [0.3, 0.4) is 0 Å². The first-order valence-electron chi connectivity index (χ1n) is 11.3. The van der Waals surface area contributed by atoms with E-state index in [1.807, 2.05) is 54.5 Å². The lowest BCUT2D eigenvalue weighted by Gasteiger charge is -2.51. The van der Waals surface area contributed by atoms with E-state index in [-0.39, 0.29) is 34.7 Å². The molecule has 0 aromatic rings. The van der Waals surface area contributed by atoms with Gasteiger partial charge >= 0.3 is 6.09 Å². The van der Waals surface area contributed by atoms with Gasteiger partial charge in [-0.25, -0.2) is 4.79 Å². The Hall–Kier alpha value is -1.60. The second-order valence-electron chi connectivity index (χ2n) is 11.0. The number of ether oxygens (including phenoxy) is 1. The highest BCUT2D eigenvalue weighted by Crippen LogP contribution is 2.36. The van der Waals surface area contributed by atoms with Crippen LogP contribution in [0, 0.1) is 5.92 Å². The van der Waals surface area contributed by atoms with Crippen LogP contribution in [-0.4, -0.2) is 52.0 Å². The van der Waals surface area contributed by atoms with Crippen LogP contribution in [-0.2, 0) is 9.53 Å². The maximum absolute atomic E-state index is 12.1. The number of hydroxylamine groups is 2. The van der Waals surface area contributed by atoms with Gasteiger partial charge in [-0.1, -0.05) is 26.0 Å². The number of nitrogens with zero attached hydrogens (tertiary/aromatic N) is 1. The molecule has 0 spiro atoms. The molecule has 0 radical (unpaired) electrons. The van der Waals surface area contributed by atoms with E-state index < -0.39 is 0 Å². The summed E-state index contributed by atoms with van der Waals surface area (Å²) >= 11 is 0. The average Bonchev–Trinajstić information content (AvgIpc) is 2.57. The van der Waals surface area contributed by atoms with Crippen molar-refractivity contribution in [2.24, 2.45) is 5.92 Å². The fourth-order valence-electron chi connectivity index (χ4n) is 3.73. The Bertz CT molecular complexity index is 574. The van der Waals surface area contributed by atoms with Gasteiger partial charge in [-0.05, 0) is 80.1 Å². The van der Waals surface area contributed by atoms with Gasteiger partial charge in [0.1, 0.15) is 5.60 Å². The molecule has 0 aromatic heterocycles. The number of amides is 2. The van der Waals surface area contributed by atoms with Crippen molar-refractivity contribution in [1.29, 1.82) is 0 Å². The van der Waals surface area contributed by atoms with Crippen molar-refractivity contribution in [2.45, 2.75) is 117 Å². The lowest BCUT2D eigenvalue weighted by molar-refractivity contribution is -0.246. The van der Waals surface area contributed by atoms with Crippen LogP contribution >= 0.6 is 0 Å². The highest BCUT2D eigenvalue weighted by atomic mass is 16.6. The van der Waals surface area contributed by atoms with E-state index in [9.17, 15) is 14.8 Å². The van der Waals surface area contributed by atoms with Crippen molar-refractivity contribution in [2.75, 3.05) is 7.05 Å². The topological polar surface area (TPSA) is 90.9 Å². The highest BCUT2D eigenvalue weighted by molar-refractivity contribution is 5.77. The van der Waals surface area contributed by atoms with Gasteiger partial charge in [-0.3, -0.25) is 4.79 Å². The largest absolute Gasteiger partial charge is 0.444 e. The lowest BCUT2D eigenvalue weighted by atomic mass is 9.79. The molecule has 1 aliphatic rings. The maximum Gasteiger partial charge on any atom is 0.407 e. The smallest absolute Gasteiger partial charge is 0.407 e. The Morgan fingerprint density at radius 3 is 2.03 bits per heavy atom. The summed E-state index contributed by atoms with van der Waals surface area (Å²) < 4.78 is 4.84. The first-order chi connectivity index (χ1) is 14.0. The van der Waals surface area contributed by atoms with E-state index in [0.29, 0.717) is 12.3 Å². The van der Waals surface area contributed by atoms with Crippen molar-refractivity contribution in [3.63, 3.8) is 0 Å². The van der Waals surface area contributed by atoms with Gasteiger partial charge in [-0.15, -0.1) is 0 Å². The fraction of sp³-hybridized carbons (Fsp3) is 0.833. The summed E-state index contributed by atoms with van der Waals surface area (Å²) in [5.74, 6) is 0.774. The predicted octanol–water partition coefficient (Wildman–Crippen LogP) is 5.04. The van der Waals surface area contributed by atoms with Gasteiger partial charge in [0.15, 0.2) is 0 Å². The molecular weight excluding hydrogens is 394 g/mol. The average molecular weight is 442 g/mol. The number of hydrogen-bond donors (Lipinski definition) is 3. The zero-order chi connectivity index (χ0) is 24.5. The first-order valence-corrected chi connectivity index (χ1v) is 11.3. The molecule has 3 N–H and O–H groups in total. The van der Waals surface area contributed by atoms with E-state index in [1.54, 1.807) is 0 Å². The minimum Gasteiger partial charge on any atom is -0.444 e. The molecule has 0 aliphatic carbocycles. The fourth-order valence-corrected chi connectivity index (χ4v) is 3.73. The summed E-state index contributed by atoms with van der Waals surface area (Å²) in [5, 5.41) is 17.2. The Balaban J connectivity index is 0.000000842. The normalized spacial score (nSPS) is 19.0. The summed E-state index contributed by atoms with van der Waals surface area (Å²) in [7, 11) is 1.54. The second kappa shape index (κ2) is 12.4. The number of hydrogen-bond acceptors (Lipinski definition) is 5. The minimum atomic E-state index is -0.389. The van der Waals surface area contributed by atoms with Gasteiger partial charge < -0.3 is 20.6 Å². The number of nitrogens with one attached hydrogen (secondary N) is 2. The van der Waals surface area contributed by atoms with Crippen LogP contribution in [0.5, 0.6) is 0 Å². The summed E-state index contributed by atoms with van der Waals surface area (Å²) in [6, 6.07) is 0.116. The van der Waals surface area contributed by atoms with Crippen molar-refractivity contribution in [1.82, 2.24) is 15.7 Å². The third kappa shape index (κ3) is 12.8. The first kappa shape index (κ1) is 29.4. The van der Waals surface area contributed by atoms with Gasteiger partial charge in [-0.2, -0.15) is 5.06 Å². The minimum absolute atomic E-state index is 0.0730. The zero-order valence-electron chi connectivity index (χ0n) is 21.5. The predicted molar refractivity (Wildman–Crippen MR) is 126 cm³/mol. The second-order valence-corrected chi connectivity index (χ2v) is 11.0. The SMILES string of the molecule is CC(C)CC/C=C/CC(=O)NC1CC(C)(C)N(O)C(C)(C)C1.CNC(=O)OC(C)(C)C. The molecule has 0 bridgehead atoms. The van der Waals surface area contributed by atoms with Crippen LogP contribution < -0.4 is 10.6 Å². The third-order valence-corrected chi connectivity index (χ3v) is 4.99. The molecular formula is C24H47N3O4. The number of carbonyl (C=O) groups is 2. The number of rotatable bonds is 6. The van der Waals surface area contributed by atoms with Crippen LogP contribution in [0.25, 0.3) is 0 Å². The van der Waals surface area contributed by atoms with Crippen molar-refractivity contribution >= 4 is 12.0 Å². The molecule has 1 fully saturated rings. The Morgan fingerprint density at radius 1 is 1.13 bits per heavy atom. The third-order valence-electron chi connectivity index (χ3n) is 4.99. The summed E-state index contributed by atoms with van der Waals surface area (Å²) in [6.45, 7) is 17.9. The standard InChI is InChI=1S/C18H34N2O2.C6H13NO2/c1-14(2)10-8-7-9-11-16(21)19-15-12-17(3,4)20(22)18(5,6)13-15;1-6(2,3)9-5(8)7-4/h7,9,14-15,22H,8,10-13H2,1-6H3,(H,19,21);1-4H3,(H,7,8)/b9-7+;. The van der Waals surface area contributed by atoms with Gasteiger partial charge in [0, 0.05) is 30.6 Å². The van der Waals surface area contributed by atoms with Crippen LogP contribution in [0.4, 0.5) is 4.79 Å². The van der Waals surface area contributed by atoms with E-state index in [1.165, 1.54) is 12.1 Å². The van der Waals surface area contributed by atoms with E-state index in [0.717, 1.165) is 25.7 Å². The molecule has 182 valence electrons. The number of alkyl carbamates (subject to hydrolysis) is 1. The van der Waals surface area contributed by atoms with Gasteiger partial charge in [0.25, 0.3) is 0 Å². The van der Waals surface area contributed by atoms with Gasteiger partial charge in [0.2, 0.25) is 5.91 Å². The molecule has 31 heavy (non-hydrogen) atoms. The summed E-state index contributed by atoms with van der Waals surface area (Å²) in [4.78, 5) is 22.6. The molecule has 1 aliphatic heterocycles. The summed E-state index contributed by atoms with van der Waals surface area (Å²) in [5.41, 5.74) is -1.04. The molecule has 1 rings (SSSR count). The molecule has 1 heterocycles. The number of piperidine rings is 1. The molecule has 7 heteroatoms. The summed E-state index contributed by atoms with van der Waals surface area (Å²) in [6.07, 6.45) is 7.84. The molecule has 0 unspecified atom stereocenters. The van der Waals surface area contributed by atoms with Crippen molar-refractivity contribution in [3.8, 4) is 0 Å². The van der Waals surface area contributed by atoms with E-state index in [2.05, 4.69) is 30.6 Å². The van der Waals surface area contributed by atoms with E-state index in [4.69, 9.17) is 4.74 Å². The lowest BCUT2D eigenvalue weighted by Crippen LogP contribution is -2.62. The van der Waals surface area contributed by atoms with Gasteiger partial charge in [0.05, 0.1) is 0 Å². The van der Waals surface area contributed by atoms with Crippen LogP contribution in [0.2, 0.25) is 0 Å². The van der Waals surface area contributed by atoms with Crippen LogP contribution in [0.15, 0.2) is 12.2 Å². The molecule has 0 saturated carbocycles. The molecule has 7 nitrogen and oxygen atoms in total. The number of allylic oxidation sites excluding steroid dienone is 1. The Labute approximate surface area is 189 Å². The monoisotopic (exact) mass is 441 g/mol. The van der Waals surface area contributed by atoms with Crippen LogP contribution in [0.1, 0.15) is 94.4 Å². The number of carbonyl (C=O) groups excluding carboxylic acids is 2. The zero-order valence-corrected chi connectivity index (χ0v) is 21.5. The van der Waals surface area contributed by atoms with E-state index >= 15 is 0 Å². The Morgan fingerprint density at radius 2 is 1.65 bits per heavy atom. The molecule has 0 aromatic carbocycles. The molecule has 2 amide bonds. The molecule has 0 atom stereocenters. The van der Waals surface area contributed by atoms with Crippen molar-refractivity contribution in [3.05, 3.63) is 12.2 Å². The van der Waals surface area contributed by atoms with Crippen molar-refractivity contribution < 1.29 is 19.5 Å².